The number of aromatic nitrogens is 2. The molecule has 214 valence electrons. The van der Waals surface area contributed by atoms with Crippen LogP contribution in [-0.2, 0) is 4.79 Å². The maximum atomic E-state index is 13.1. The number of hydrogen-bond donors (Lipinski definition) is 0. The predicted octanol–water partition coefficient (Wildman–Crippen LogP) is 4.51. The second-order valence-corrected chi connectivity index (χ2v) is 13.2. The molecule has 0 bridgehead atoms. The topological polar surface area (TPSA) is 71.1 Å². The summed E-state index contributed by atoms with van der Waals surface area (Å²) in [6.07, 6.45) is 7.42. The number of nitriles is 1. The van der Waals surface area contributed by atoms with Crippen molar-refractivity contribution in [1.29, 1.82) is 5.26 Å². The zero-order chi connectivity index (χ0) is 28.1. The quantitative estimate of drug-likeness (QED) is 0.465. The van der Waals surface area contributed by atoms with Crippen molar-refractivity contribution in [2.24, 2.45) is 17.3 Å². The molecule has 1 amide bonds. The number of carbonyl (C=O) groups excluding carboxylic acids is 1. The van der Waals surface area contributed by atoms with Crippen molar-refractivity contribution in [3.8, 4) is 17.2 Å². The van der Waals surface area contributed by atoms with Gasteiger partial charge in [-0.05, 0) is 69.4 Å². The summed E-state index contributed by atoms with van der Waals surface area (Å²) in [7, 11) is 0. The molecular weight excluding hydrogens is 510 g/mol. The highest BCUT2D eigenvalue weighted by atomic mass is 16.2. The molecule has 4 fully saturated rings. The lowest BCUT2D eigenvalue weighted by Gasteiger charge is -2.62. The second kappa shape index (κ2) is 10.4. The lowest BCUT2D eigenvalue weighted by atomic mass is 9.72. The van der Waals surface area contributed by atoms with Crippen molar-refractivity contribution in [1.82, 2.24) is 19.4 Å². The summed E-state index contributed by atoms with van der Waals surface area (Å²) in [5.41, 5.74) is 6.48. The number of fused-ring (bicyclic) bond motifs is 1. The summed E-state index contributed by atoms with van der Waals surface area (Å²) in [6.45, 7) is 12.5. The number of rotatable bonds is 5. The van der Waals surface area contributed by atoms with Gasteiger partial charge in [0, 0.05) is 99.3 Å². The van der Waals surface area contributed by atoms with Crippen LogP contribution in [-0.4, -0.2) is 83.7 Å². The Balaban J connectivity index is 0.987. The smallest absolute Gasteiger partial charge is 0.225 e. The van der Waals surface area contributed by atoms with E-state index in [0.29, 0.717) is 11.5 Å². The van der Waals surface area contributed by atoms with Gasteiger partial charge in [0.2, 0.25) is 5.91 Å². The maximum absolute atomic E-state index is 13.1. The summed E-state index contributed by atoms with van der Waals surface area (Å²) in [5, 5.41) is 13.8. The number of carbonyl (C=O) groups is 1. The minimum atomic E-state index is 0.0917. The van der Waals surface area contributed by atoms with Gasteiger partial charge >= 0.3 is 0 Å². The normalized spacial score (nSPS) is 24.4. The van der Waals surface area contributed by atoms with E-state index >= 15 is 0 Å². The molecule has 2 aromatic heterocycles. The molecule has 0 atom stereocenters. The fourth-order valence-corrected chi connectivity index (χ4v) is 7.51. The number of nitrogens with zero attached hydrogens (tertiary/aromatic N) is 7. The van der Waals surface area contributed by atoms with Crippen molar-refractivity contribution in [2.45, 2.75) is 45.6 Å². The van der Waals surface area contributed by atoms with E-state index in [1.165, 1.54) is 48.7 Å². The van der Waals surface area contributed by atoms with E-state index in [0.717, 1.165) is 57.4 Å². The van der Waals surface area contributed by atoms with E-state index in [4.69, 9.17) is 0 Å². The lowest BCUT2D eigenvalue weighted by Crippen LogP contribution is -2.73. The average molecular weight is 552 g/mol. The van der Waals surface area contributed by atoms with Gasteiger partial charge in [0.05, 0.1) is 17.3 Å². The monoisotopic (exact) mass is 551 g/mol. The highest BCUT2D eigenvalue weighted by Gasteiger charge is 2.52. The minimum Gasteiger partial charge on any atom is -0.370 e. The first-order valence-electron chi connectivity index (χ1n) is 15.4. The highest BCUT2D eigenvalue weighted by Crippen LogP contribution is 2.43. The van der Waals surface area contributed by atoms with Crippen molar-refractivity contribution in [2.75, 3.05) is 62.2 Å². The molecule has 1 aliphatic carbocycles. The highest BCUT2D eigenvalue weighted by molar-refractivity contribution is 5.82. The van der Waals surface area contributed by atoms with Gasteiger partial charge in [0.1, 0.15) is 0 Å². The third kappa shape index (κ3) is 4.84. The Morgan fingerprint density at radius 3 is 2.29 bits per heavy atom. The van der Waals surface area contributed by atoms with Gasteiger partial charge in [0.15, 0.2) is 0 Å². The van der Waals surface area contributed by atoms with Crippen molar-refractivity contribution >= 4 is 22.8 Å². The third-order valence-electron chi connectivity index (χ3n) is 10.1. The molecule has 0 unspecified atom stereocenters. The Hall–Kier alpha value is -3.57. The number of piperazine rings is 1. The summed E-state index contributed by atoms with van der Waals surface area (Å²) < 4.78 is 1.99. The van der Waals surface area contributed by atoms with E-state index in [1.54, 1.807) is 0 Å². The number of anilines is 2. The van der Waals surface area contributed by atoms with Gasteiger partial charge < -0.3 is 14.7 Å². The van der Waals surface area contributed by atoms with Crippen molar-refractivity contribution < 1.29 is 4.79 Å². The largest absolute Gasteiger partial charge is 0.370 e. The van der Waals surface area contributed by atoms with E-state index in [1.807, 2.05) is 15.6 Å². The Bertz CT molecular complexity index is 1440. The van der Waals surface area contributed by atoms with Crippen LogP contribution in [0.2, 0.25) is 0 Å². The molecule has 1 saturated carbocycles. The third-order valence-corrected chi connectivity index (χ3v) is 10.1. The zero-order valence-electron chi connectivity index (χ0n) is 24.4. The first-order valence-corrected chi connectivity index (χ1v) is 15.4. The molecule has 0 N–H and O–H groups in total. The van der Waals surface area contributed by atoms with Crippen LogP contribution in [0.4, 0.5) is 11.4 Å². The molecule has 8 heteroatoms. The fraction of sp³-hybridized carbons (Fsp3) is 0.545. The molecule has 41 heavy (non-hydrogen) atoms. The van der Waals surface area contributed by atoms with Crippen LogP contribution in [0.3, 0.4) is 0 Å². The van der Waals surface area contributed by atoms with Gasteiger partial charge in [-0.15, -0.1) is 0 Å². The van der Waals surface area contributed by atoms with Crippen molar-refractivity contribution in [3.63, 3.8) is 0 Å². The maximum Gasteiger partial charge on any atom is 0.225 e. The number of amides is 1. The van der Waals surface area contributed by atoms with Gasteiger partial charge in [-0.2, -0.15) is 10.4 Å². The van der Waals surface area contributed by atoms with Gasteiger partial charge in [-0.25, -0.2) is 4.52 Å². The van der Waals surface area contributed by atoms with E-state index < -0.39 is 0 Å². The van der Waals surface area contributed by atoms with Crippen LogP contribution < -0.4 is 9.80 Å². The molecule has 1 aromatic carbocycles. The Morgan fingerprint density at radius 2 is 1.63 bits per heavy atom. The van der Waals surface area contributed by atoms with E-state index in [9.17, 15) is 10.1 Å². The van der Waals surface area contributed by atoms with Crippen LogP contribution in [0.5, 0.6) is 0 Å². The average Bonchev–Trinajstić information content (AvgIpc) is 3.40. The molecule has 5 heterocycles. The second-order valence-electron chi connectivity index (χ2n) is 13.2. The molecule has 3 aliphatic heterocycles. The van der Waals surface area contributed by atoms with Crippen LogP contribution in [0.15, 0.2) is 48.8 Å². The van der Waals surface area contributed by atoms with Gasteiger partial charge in [-0.3, -0.25) is 9.69 Å². The van der Waals surface area contributed by atoms with Crippen molar-refractivity contribution in [3.05, 3.63) is 48.8 Å². The molecule has 1 spiro atoms. The predicted molar refractivity (Wildman–Crippen MR) is 162 cm³/mol. The first kappa shape index (κ1) is 26.3. The number of benzene rings is 1. The Labute approximate surface area is 243 Å². The summed E-state index contributed by atoms with van der Waals surface area (Å²) >= 11 is 0. The van der Waals surface area contributed by atoms with Crippen LogP contribution in [0, 0.1) is 28.6 Å². The van der Waals surface area contributed by atoms with E-state index in [-0.39, 0.29) is 17.7 Å². The molecule has 3 aromatic rings. The fourth-order valence-electron chi connectivity index (χ4n) is 7.51. The molecular formula is C33H41N7O. The molecule has 4 aliphatic rings. The molecule has 3 saturated heterocycles. The van der Waals surface area contributed by atoms with Crippen LogP contribution in [0.25, 0.3) is 16.6 Å². The van der Waals surface area contributed by atoms with E-state index in [2.05, 4.69) is 82.3 Å². The molecule has 0 radical (unpaired) electrons. The molecule has 7 rings (SSSR count). The minimum absolute atomic E-state index is 0.0917. The van der Waals surface area contributed by atoms with Crippen LogP contribution >= 0.6 is 0 Å². The Morgan fingerprint density at radius 1 is 0.927 bits per heavy atom. The molecule has 8 nitrogen and oxygen atoms in total. The van der Waals surface area contributed by atoms with Crippen LogP contribution in [0.1, 0.15) is 39.5 Å². The summed E-state index contributed by atoms with van der Waals surface area (Å²) in [4.78, 5) is 22.7. The number of likely N-dealkylation sites (tertiary alicyclic amines) is 1. The SMILES string of the molecule is CC(C)N1CC2(CN(c3ccc(-c4cc5c(N6CCN(C(=O)[C@H]7CC[C@H](C#N)CC7)CC6)ccnn5c4)cc3)C2)C1. The Kier molecular flexibility index (Phi) is 6.66. The summed E-state index contributed by atoms with van der Waals surface area (Å²) in [6, 6.07) is 16.4. The lowest BCUT2D eigenvalue weighted by molar-refractivity contribution is -0.137. The zero-order valence-corrected chi connectivity index (χ0v) is 24.4. The summed E-state index contributed by atoms with van der Waals surface area (Å²) in [5.74, 6) is 0.508. The standard InChI is InChI=1S/C33H41N7O/c1-24(2)38-20-33(21-38)22-39(23-33)29-9-7-26(8-10-29)28-17-31-30(11-12-35-40(31)19-28)36-13-15-37(16-14-36)32(41)27-5-3-25(18-34)4-6-27/h7-12,17,19,24-25,27H,3-6,13-16,20-23H2,1-2H3/t25-,27-. The van der Waals surface area contributed by atoms with Gasteiger partial charge in [0.25, 0.3) is 0 Å². The van der Waals surface area contributed by atoms with Gasteiger partial charge in [-0.1, -0.05) is 12.1 Å². The number of hydrogen-bond acceptors (Lipinski definition) is 6. The first-order chi connectivity index (χ1) is 19.9.